The monoisotopic (exact) mass is 550 g/mol. The topological polar surface area (TPSA) is 80.9 Å². The minimum Gasteiger partial charge on any atom is -0.497 e. The van der Waals surface area contributed by atoms with E-state index >= 15 is 0 Å². The van der Waals surface area contributed by atoms with Gasteiger partial charge in [-0.15, -0.1) is 24.0 Å². The van der Waals surface area contributed by atoms with Gasteiger partial charge in [-0.25, -0.2) is 9.98 Å². The van der Waals surface area contributed by atoms with Crippen LogP contribution in [0.3, 0.4) is 0 Å². The van der Waals surface area contributed by atoms with E-state index in [4.69, 9.17) is 18.9 Å². The Morgan fingerprint density at radius 2 is 1.84 bits per heavy atom. The quantitative estimate of drug-likeness (QED) is 0.157. The molecule has 0 amide bonds. The summed E-state index contributed by atoms with van der Waals surface area (Å²) in [5, 5.41) is 6.65. The van der Waals surface area contributed by atoms with E-state index in [0.717, 1.165) is 48.8 Å². The highest BCUT2D eigenvalue weighted by Crippen LogP contribution is 2.19. The van der Waals surface area contributed by atoms with E-state index in [9.17, 15) is 0 Å². The summed E-state index contributed by atoms with van der Waals surface area (Å²) in [6.45, 7) is 5.18. The highest BCUT2D eigenvalue weighted by Gasteiger charge is 2.07. The number of hydrogen-bond acceptors (Lipinski definition) is 5. The number of guanidine groups is 1. The number of nitrogens with zero attached hydrogens (tertiary/aromatic N) is 2. The molecule has 0 aliphatic heterocycles. The van der Waals surface area contributed by atoms with Crippen molar-refractivity contribution in [2.75, 3.05) is 26.9 Å². The summed E-state index contributed by atoms with van der Waals surface area (Å²) in [7, 11) is 1.66. The van der Waals surface area contributed by atoms with Crippen molar-refractivity contribution < 1.29 is 13.9 Å². The third-order valence-electron chi connectivity index (χ3n) is 4.56. The predicted octanol–water partition coefficient (Wildman–Crippen LogP) is 4.63. The van der Waals surface area contributed by atoms with Crippen LogP contribution in [-0.4, -0.2) is 37.8 Å². The van der Waals surface area contributed by atoms with Crippen molar-refractivity contribution in [1.29, 1.82) is 0 Å². The molecule has 0 fully saturated rings. The molecule has 0 saturated heterocycles. The van der Waals surface area contributed by atoms with Crippen LogP contribution in [0.4, 0.5) is 0 Å². The smallest absolute Gasteiger partial charge is 0.214 e. The highest BCUT2D eigenvalue weighted by molar-refractivity contribution is 14.0. The van der Waals surface area contributed by atoms with Gasteiger partial charge < -0.3 is 24.5 Å². The SMILES string of the molecule is CCOCCCNC(=NCc1ccc(OC)cc1)NCc1ncc(-c2ccccc2)o1.I. The number of aliphatic imine (C=N–C) groups is 1. The average Bonchev–Trinajstić information content (AvgIpc) is 3.30. The van der Waals surface area contributed by atoms with Gasteiger partial charge in [0.2, 0.25) is 5.89 Å². The fourth-order valence-electron chi connectivity index (χ4n) is 2.89. The first-order valence-electron chi connectivity index (χ1n) is 10.5. The van der Waals surface area contributed by atoms with Crippen molar-refractivity contribution >= 4 is 29.9 Å². The Balaban J connectivity index is 0.00000363. The van der Waals surface area contributed by atoms with Gasteiger partial charge in [-0.05, 0) is 31.0 Å². The lowest BCUT2D eigenvalue weighted by atomic mass is 10.2. The molecule has 172 valence electrons. The van der Waals surface area contributed by atoms with Crippen LogP contribution in [0.5, 0.6) is 5.75 Å². The van der Waals surface area contributed by atoms with E-state index in [1.165, 1.54) is 0 Å². The fraction of sp³-hybridized carbons (Fsp3) is 0.333. The summed E-state index contributed by atoms with van der Waals surface area (Å²) in [5.41, 5.74) is 2.10. The molecule has 0 atom stereocenters. The number of ether oxygens (including phenoxy) is 2. The maximum absolute atomic E-state index is 5.88. The molecule has 32 heavy (non-hydrogen) atoms. The van der Waals surface area contributed by atoms with Gasteiger partial charge in [-0.1, -0.05) is 42.5 Å². The molecular weight excluding hydrogens is 519 g/mol. The number of hydrogen-bond donors (Lipinski definition) is 2. The van der Waals surface area contributed by atoms with Crippen molar-refractivity contribution in [3.63, 3.8) is 0 Å². The van der Waals surface area contributed by atoms with Crippen LogP contribution in [0.25, 0.3) is 11.3 Å². The van der Waals surface area contributed by atoms with Gasteiger partial charge >= 0.3 is 0 Å². The molecule has 0 aliphatic carbocycles. The van der Waals surface area contributed by atoms with Crippen molar-refractivity contribution in [3.8, 4) is 17.1 Å². The molecule has 1 aromatic heterocycles. The number of methoxy groups -OCH3 is 1. The number of benzene rings is 2. The lowest BCUT2D eigenvalue weighted by Crippen LogP contribution is -2.37. The lowest BCUT2D eigenvalue weighted by molar-refractivity contribution is 0.145. The Bertz CT molecular complexity index is 930. The van der Waals surface area contributed by atoms with Gasteiger partial charge in [0.25, 0.3) is 0 Å². The fourth-order valence-corrected chi connectivity index (χ4v) is 2.89. The summed E-state index contributed by atoms with van der Waals surface area (Å²) >= 11 is 0. The molecule has 3 aromatic rings. The summed E-state index contributed by atoms with van der Waals surface area (Å²) in [6, 6.07) is 17.8. The zero-order chi connectivity index (χ0) is 21.7. The first kappa shape index (κ1) is 25.7. The van der Waals surface area contributed by atoms with E-state index < -0.39 is 0 Å². The van der Waals surface area contributed by atoms with Gasteiger partial charge in [0.15, 0.2) is 11.7 Å². The van der Waals surface area contributed by atoms with E-state index in [-0.39, 0.29) is 24.0 Å². The summed E-state index contributed by atoms with van der Waals surface area (Å²) in [4.78, 5) is 9.07. The summed E-state index contributed by atoms with van der Waals surface area (Å²) in [6.07, 6.45) is 2.64. The number of halogens is 1. The minimum absolute atomic E-state index is 0. The number of aromatic nitrogens is 1. The van der Waals surface area contributed by atoms with Crippen LogP contribution in [0, 0.1) is 0 Å². The molecule has 0 aliphatic rings. The number of rotatable bonds is 11. The highest BCUT2D eigenvalue weighted by atomic mass is 127. The Hall–Kier alpha value is -2.59. The molecule has 0 saturated carbocycles. The van der Waals surface area contributed by atoms with Crippen molar-refractivity contribution in [3.05, 3.63) is 72.2 Å². The predicted molar refractivity (Wildman–Crippen MR) is 137 cm³/mol. The van der Waals surface area contributed by atoms with E-state index in [0.29, 0.717) is 24.9 Å². The van der Waals surface area contributed by atoms with Crippen molar-refractivity contribution in [2.45, 2.75) is 26.4 Å². The molecular formula is C24H31IN4O3. The van der Waals surface area contributed by atoms with E-state index in [2.05, 4.69) is 15.6 Å². The van der Waals surface area contributed by atoms with E-state index in [1.54, 1.807) is 13.3 Å². The first-order valence-corrected chi connectivity index (χ1v) is 10.5. The largest absolute Gasteiger partial charge is 0.497 e. The molecule has 7 nitrogen and oxygen atoms in total. The average molecular weight is 550 g/mol. The molecule has 0 bridgehead atoms. The number of nitrogens with one attached hydrogen (secondary N) is 2. The normalized spacial score (nSPS) is 11.0. The first-order chi connectivity index (χ1) is 15.3. The second-order valence-electron chi connectivity index (χ2n) is 6.83. The van der Waals surface area contributed by atoms with E-state index in [1.807, 2.05) is 61.5 Å². The maximum atomic E-state index is 5.88. The second-order valence-corrected chi connectivity index (χ2v) is 6.83. The molecule has 3 rings (SSSR count). The van der Waals surface area contributed by atoms with Gasteiger partial charge in [0.1, 0.15) is 5.75 Å². The second kappa shape index (κ2) is 14.5. The van der Waals surface area contributed by atoms with Gasteiger partial charge in [-0.3, -0.25) is 0 Å². The van der Waals surface area contributed by atoms with Crippen LogP contribution in [-0.2, 0) is 17.8 Å². The molecule has 0 spiro atoms. The lowest BCUT2D eigenvalue weighted by Gasteiger charge is -2.12. The zero-order valence-corrected chi connectivity index (χ0v) is 20.9. The minimum atomic E-state index is 0. The van der Waals surface area contributed by atoms with Gasteiger partial charge in [-0.2, -0.15) is 0 Å². The Kier molecular flexibility index (Phi) is 11.6. The summed E-state index contributed by atoms with van der Waals surface area (Å²) in [5.74, 6) is 2.89. The molecule has 1 heterocycles. The molecule has 0 radical (unpaired) electrons. The maximum Gasteiger partial charge on any atom is 0.214 e. The molecule has 2 aromatic carbocycles. The summed E-state index contributed by atoms with van der Waals surface area (Å²) < 4.78 is 16.5. The number of oxazole rings is 1. The van der Waals surface area contributed by atoms with Crippen LogP contribution in [0.2, 0.25) is 0 Å². The molecule has 8 heteroatoms. The standard InChI is InChI=1S/C24H30N4O3.HI/c1-3-30-15-7-14-25-24(27-16-19-10-12-21(29-2)13-11-19)28-18-23-26-17-22(31-23)20-8-5-4-6-9-20;/h4-6,8-13,17H,3,7,14-16,18H2,1-2H3,(H2,25,27,28);1H. The molecule has 2 N–H and O–H groups in total. The Morgan fingerprint density at radius 1 is 1.06 bits per heavy atom. The van der Waals surface area contributed by atoms with Gasteiger partial charge in [0, 0.05) is 25.3 Å². The zero-order valence-electron chi connectivity index (χ0n) is 18.5. The van der Waals surface area contributed by atoms with Crippen molar-refractivity contribution in [1.82, 2.24) is 15.6 Å². The van der Waals surface area contributed by atoms with Crippen molar-refractivity contribution in [2.24, 2.45) is 4.99 Å². The van der Waals surface area contributed by atoms with Crippen LogP contribution in [0.15, 0.2) is 70.2 Å². The van der Waals surface area contributed by atoms with Crippen LogP contribution >= 0.6 is 24.0 Å². The van der Waals surface area contributed by atoms with Gasteiger partial charge in [0.05, 0.1) is 26.4 Å². The van der Waals surface area contributed by atoms with Crippen LogP contribution in [0.1, 0.15) is 24.8 Å². The third-order valence-corrected chi connectivity index (χ3v) is 4.56. The Labute approximate surface area is 206 Å². The third kappa shape index (κ3) is 8.51. The van der Waals surface area contributed by atoms with Crippen LogP contribution < -0.4 is 15.4 Å². The molecule has 0 unspecified atom stereocenters. The Morgan fingerprint density at radius 3 is 2.56 bits per heavy atom.